The van der Waals surface area contributed by atoms with Gasteiger partial charge in [-0.2, -0.15) is 9.61 Å². The molecule has 6 heterocycles. The van der Waals surface area contributed by atoms with Crippen LogP contribution >= 0.6 is 0 Å². The molecule has 2 aliphatic heterocycles. The molecule has 5 aromatic rings. The van der Waals surface area contributed by atoms with Crippen LogP contribution in [0.15, 0.2) is 82.7 Å². The summed E-state index contributed by atoms with van der Waals surface area (Å²) in [4.78, 5) is 39.3. The molecular formula is C31H29N7O4S. The molecule has 4 aromatic heterocycles. The van der Waals surface area contributed by atoms with Crippen LogP contribution in [0.2, 0.25) is 0 Å². The highest BCUT2D eigenvalue weighted by Gasteiger charge is 2.45. The quantitative estimate of drug-likeness (QED) is 0.312. The van der Waals surface area contributed by atoms with Gasteiger partial charge >= 0.3 is 0 Å². The van der Waals surface area contributed by atoms with Crippen molar-refractivity contribution in [2.75, 3.05) is 12.0 Å². The van der Waals surface area contributed by atoms with Gasteiger partial charge in [0, 0.05) is 53.2 Å². The highest BCUT2D eigenvalue weighted by atomic mass is 32.2. The number of aromatic nitrogens is 5. The molecule has 0 saturated carbocycles. The van der Waals surface area contributed by atoms with Crippen molar-refractivity contribution in [3.63, 3.8) is 0 Å². The Morgan fingerprint density at radius 3 is 2.35 bits per heavy atom. The number of nitrogen functional groups attached to an aromatic ring is 1. The molecule has 43 heavy (non-hydrogen) atoms. The Balaban J connectivity index is 1.27. The summed E-state index contributed by atoms with van der Waals surface area (Å²) < 4.78 is 27.6. The second kappa shape index (κ2) is 10.2. The van der Waals surface area contributed by atoms with Crippen molar-refractivity contribution in [1.82, 2.24) is 29.5 Å². The Bertz CT molecular complexity index is 2020. The van der Waals surface area contributed by atoms with E-state index in [1.165, 1.54) is 10.6 Å². The summed E-state index contributed by atoms with van der Waals surface area (Å²) >= 11 is 0. The third-order valence-electron chi connectivity index (χ3n) is 8.53. The van der Waals surface area contributed by atoms with Gasteiger partial charge in [0.1, 0.15) is 16.4 Å². The molecule has 2 fully saturated rings. The van der Waals surface area contributed by atoms with Crippen LogP contribution in [0.25, 0.3) is 28.0 Å². The van der Waals surface area contributed by atoms with Gasteiger partial charge in [0.05, 0.1) is 17.6 Å². The lowest BCUT2D eigenvalue weighted by molar-refractivity contribution is 0.0562. The van der Waals surface area contributed by atoms with Crippen molar-refractivity contribution in [3.05, 3.63) is 94.8 Å². The van der Waals surface area contributed by atoms with Crippen LogP contribution in [0.1, 0.15) is 47.8 Å². The van der Waals surface area contributed by atoms with Crippen molar-refractivity contribution < 1.29 is 13.2 Å². The highest BCUT2D eigenvalue weighted by molar-refractivity contribution is 7.91. The van der Waals surface area contributed by atoms with Crippen LogP contribution in [0.5, 0.6) is 0 Å². The van der Waals surface area contributed by atoms with Gasteiger partial charge < -0.3 is 15.6 Å². The van der Waals surface area contributed by atoms with Crippen LogP contribution in [-0.4, -0.2) is 62.1 Å². The summed E-state index contributed by atoms with van der Waals surface area (Å²) in [6.07, 6.45) is 7.13. The van der Waals surface area contributed by atoms with E-state index in [2.05, 4.69) is 15.1 Å². The molecule has 0 spiro atoms. The Morgan fingerprint density at radius 1 is 0.953 bits per heavy atom. The molecule has 1 aromatic carbocycles. The first kappa shape index (κ1) is 27.0. The molecule has 1 amide bonds. The number of anilines is 1. The number of H-pyrrole nitrogens is 1. The van der Waals surface area contributed by atoms with E-state index < -0.39 is 9.84 Å². The van der Waals surface area contributed by atoms with Crippen LogP contribution < -0.4 is 11.3 Å². The van der Waals surface area contributed by atoms with Gasteiger partial charge in [-0.1, -0.05) is 42.5 Å². The van der Waals surface area contributed by atoms with Gasteiger partial charge in [-0.15, -0.1) is 0 Å². The molecule has 3 atom stereocenters. The maximum atomic E-state index is 13.4. The van der Waals surface area contributed by atoms with Gasteiger partial charge in [-0.3, -0.25) is 14.6 Å². The molecule has 218 valence electrons. The number of nitrogens with zero attached hydrogens (tertiary/aromatic N) is 5. The summed E-state index contributed by atoms with van der Waals surface area (Å²) in [7, 11) is -3.77. The maximum absolute atomic E-state index is 13.4. The molecular weight excluding hydrogens is 566 g/mol. The minimum absolute atomic E-state index is 0.00956. The fourth-order valence-corrected chi connectivity index (χ4v) is 7.71. The number of fused-ring (bicyclic) bond motifs is 3. The number of nitrogens with two attached hydrogens (primary N) is 1. The minimum Gasteiger partial charge on any atom is -0.382 e. The zero-order valence-corrected chi connectivity index (χ0v) is 24.2. The van der Waals surface area contributed by atoms with Crippen LogP contribution in [0.3, 0.4) is 0 Å². The third-order valence-corrected chi connectivity index (χ3v) is 9.69. The lowest BCUT2D eigenvalue weighted by atomic mass is 9.87. The summed E-state index contributed by atoms with van der Waals surface area (Å²) in [6.45, 7) is 0. The number of hydrogen-bond acceptors (Lipinski definition) is 8. The number of pyridine rings is 2. The molecule has 12 heteroatoms. The number of hydrogen-bond donors (Lipinski definition) is 2. The standard InChI is InChI=1S/C31H29N7O4S/c1-43(41,42)28-27(20-14-21-11-12-22(15-20)37(21)31(40)25-8-5-9-26(39)35-25)36-30-23(17-34-38(30)29(28)32)19-10-13-24(33-16-19)18-6-3-2-4-7-18/h2-10,13,16-17,20-22H,11-12,14-15,32H2,1H3,(H,35,39)/t20-,21+,22-. The normalized spacial score (nSPS) is 20.0. The molecule has 2 saturated heterocycles. The Kier molecular flexibility index (Phi) is 6.38. The van der Waals surface area contributed by atoms with Crippen molar-refractivity contribution in [1.29, 1.82) is 0 Å². The van der Waals surface area contributed by atoms with E-state index in [9.17, 15) is 18.0 Å². The Hall–Kier alpha value is -4.84. The molecule has 0 aliphatic carbocycles. The van der Waals surface area contributed by atoms with Crippen molar-refractivity contribution >= 4 is 27.2 Å². The summed E-state index contributed by atoms with van der Waals surface area (Å²) in [5.74, 6) is -0.454. The summed E-state index contributed by atoms with van der Waals surface area (Å²) in [5, 5.41) is 4.41. The van der Waals surface area contributed by atoms with Gasteiger partial charge in [-0.05, 0) is 37.8 Å². The number of nitrogens with one attached hydrogen (secondary N) is 1. The zero-order valence-electron chi connectivity index (χ0n) is 23.3. The predicted molar refractivity (Wildman–Crippen MR) is 161 cm³/mol. The van der Waals surface area contributed by atoms with Gasteiger partial charge in [0.2, 0.25) is 5.56 Å². The Labute approximate surface area is 247 Å². The van der Waals surface area contributed by atoms with E-state index in [0.29, 0.717) is 29.7 Å². The van der Waals surface area contributed by atoms with E-state index in [4.69, 9.17) is 10.7 Å². The topological polar surface area (TPSA) is 156 Å². The van der Waals surface area contributed by atoms with Crippen LogP contribution in [0, 0.1) is 0 Å². The first-order chi connectivity index (χ1) is 20.7. The summed E-state index contributed by atoms with van der Waals surface area (Å²) in [6, 6.07) is 18.0. The number of benzene rings is 1. The second-order valence-electron chi connectivity index (χ2n) is 11.3. The number of piperidine rings is 1. The average Bonchev–Trinajstić information content (AvgIpc) is 3.54. The van der Waals surface area contributed by atoms with E-state index in [0.717, 1.165) is 35.9 Å². The first-order valence-corrected chi connectivity index (χ1v) is 16.0. The molecule has 7 rings (SSSR count). The number of aromatic amines is 1. The lowest BCUT2D eigenvalue weighted by Crippen LogP contribution is -2.46. The van der Waals surface area contributed by atoms with Gasteiger partial charge in [-0.25, -0.2) is 13.4 Å². The third kappa shape index (κ3) is 4.67. The Morgan fingerprint density at radius 2 is 1.70 bits per heavy atom. The molecule has 2 aliphatic rings. The first-order valence-electron chi connectivity index (χ1n) is 14.1. The second-order valence-corrected chi connectivity index (χ2v) is 13.2. The summed E-state index contributed by atoms with van der Waals surface area (Å²) in [5.41, 5.74) is 10.6. The minimum atomic E-state index is -3.77. The monoisotopic (exact) mass is 595 g/mol. The largest absolute Gasteiger partial charge is 0.382 e. The van der Waals surface area contributed by atoms with Crippen molar-refractivity contribution in [2.24, 2.45) is 0 Å². The van der Waals surface area contributed by atoms with E-state index in [1.807, 2.05) is 47.4 Å². The van der Waals surface area contributed by atoms with Gasteiger partial charge in [0.25, 0.3) is 5.91 Å². The fraction of sp³-hybridized carbons (Fsp3) is 0.258. The fourth-order valence-electron chi connectivity index (χ4n) is 6.65. The number of amides is 1. The molecule has 3 N–H and O–H groups in total. The van der Waals surface area contributed by atoms with Gasteiger partial charge in [0.15, 0.2) is 15.5 Å². The SMILES string of the molecule is CS(=O)(=O)c1c([C@H]2C[C@H]3CC[C@@H](C2)N3C(=O)c2cccc(=O)[nH]2)nc2c(-c3ccc(-c4ccccc4)nc3)cnn2c1N. The van der Waals surface area contributed by atoms with E-state index in [-0.39, 0.29) is 45.9 Å². The number of carbonyl (C=O) groups excluding carboxylic acids is 1. The molecule has 0 unspecified atom stereocenters. The smallest absolute Gasteiger partial charge is 0.270 e. The van der Waals surface area contributed by atoms with Crippen molar-refractivity contribution in [2.45, 2.75) is 48.6 Å². The lowest BCUT2D eigenvalue weighted by Gasteiger charge is -2.39. The number of rotatable bonds is 5. The highest BCUT2D eigenvalue weighted by Crippen LogP contribution is 2.45. The average molecular weight is 596 g/mol. The predicted octanol–water partition coefficient (Wildman–Crippen LogP) is 3.68. The van der Waals surface area contributed by atoms with E-state index in [1.54, 1.807) is 24.5 Å². The zero-order chi connectivity index (χ0) is 29.9. The number of sulfone groups is 1. The van der Waals surface area contributed by atoms with E-state index >= 15 is 0 Å². The molecule has 2 bridgehead atoms. The number of carbonyl (C=O) groups is 1. The maximum Gasteiger partial charge on any atom is 0.270 e. The van der Waals surface area contributed by atoms with Crippen LogP contribution in [-0.2, 0) is 9.84 Å². The van der Waals surface area contributed by atoms with Crippen LogP contribution in [0.4, 0.5) is 5.82 Å². The molecule has 11 nitrogen and oxygen atoms in total. The molecule has 0 radical (unpaired) electrons. The van der Waals surface area contributed by atoms with Crippen molar-refractivity contribution in [3.8, 4) is 22.4 Å².